The van der Waals surface area contributed by atoms with Crippen LogP contribution in [0.1, 0.15) is 32.3 Å². The lowest BCUT2D eigenvalue weighted by Crippen LogP contribution is -2.46. The van der Waals surface area contributed by atoms with Crippen LogP contribution in [0.2, 0.25) is 0 Å². The first-order valence-corrected chi connectivity index (χ1v) is 9.53. The van der Waals surface area contributed by atoms with Gasteiger partial charge in [0.25, 0.3) is 10.1 Å². The van der Waals surface area contributed by atoms with Gasteiger partial charge in [0.15, 0.2) is 0 Å². The molecule has 2 unspecified atom stereocenters. The van der Waals surface area contributed by atoms with Crippen molar-refractivity contribution in [2.45, 2.75) is 32.7 Å². The monoisotopic (exact) mass is 372 g/mol. The van der Waals surface area contributed by atoms with Gasteiger partial charge >= 0.3 is 5.97 Å². The van der Waals surface area contributed by atoms with Crippen LogP contribution in [0.4, 0.5) is 5.69 Å². The van der Waals surface area contributed by atoms with Crippen LogP contribution < -0.4 is 10.2 Å². The minimum Gasteiger partial charge on any atom is -0.480 e. The molecule has 25 heavy (non-hydrogen) atoms. The Balaban J connectivity index is 2.86. The number of carboxylic acid groups (broad SMARTS) is 1. The number of hydrogen-bond donors (Lipinski definition) is 3. The van der Waals surface area contributed by atoms with E-state index in [9.17, 15) is 18.0 Å². The molecule has 0 aliphatic rings. The minimum atomic E-state index is -4.53. The predicted octanol–water partition coefficient (Wildman–Crippen LogP) is 1.09. The highest BCUT2D eigenvalue weighted by atomic mass is 32.2. The van der Waals surface area contributed by atoms with Crippen molar-refractivity contribution < 1.29 is 27.7 Å². The molecular formula is C16H24N2O6S. The number of amides is 1. The highest BCUT2D eigenvalue weighted by Crippen LogP contribution is 2.21. The summed E-state index contributed by atoms with van der Waals surface area (Å²) in [6.07, 6.45) is 0. The van der Waals surface area contributed by atoms with E-state index >= 15 is 0 Å². The first-order chi connectivity index (χ1) is 11.6. The van der Waals surface area contributed by atoms with E-state index < -0.39 is 39.7 Å². The molecule has 0 radical (unpaired) electrons. The van der Waals surface area contributed by atoms with Crippen LogP contribution in [0, 0.1) is 0 Å². The average molecular weight is 372 g/mol. The van der Waals surface area contributed by atoms with E-state index in [-0.39, 0.29) is 0 Å². The molecule has 0 fully saturated rings. The van der Waals surface area contributed by atoms with Crippen LogP contribution in [-0.4, -0.2) is 54.8 Å². The average Bonchev–Trinajstić information content (AvgIpc) is 2.54. The second-order valence-corrected chi connectivity index (χ2v) is 7.13. The molecule has 0 saturated heterocycles. The molecule has 2 atom stereocenters. The lowest BCUT2D eigenvalue weighted by atomic mass is 9.99. The second-order valence-electron chi connectivity index (χ2n) is 5.63. The van der Waals surface area contributed by atoms with Crippen molar-refractivity contribution in [3.63, 3.8) is 0 Å². The zero-order valence-corrected chi connectivity index (χ0v) is 15.3. The summed E-state index contributed by atoms with van der Waals surface area (Å²) < 4.78 is 30.5. The molecule has 8 nitrogen and oxygen atoms in total. The zero-order chi connectivity index (χ0) is 19.2. The molecule has 0 aliphatic carbocycles. The lowest BCUT2D eigenvalue weighted by Gasteiger charge is -2.22. The number of nitrogens with one attached hydrogen (secondary N) is 1. The van der Waals surface area contributed by atoms with Crippen LogP contribution in [0.15, 0.2) is 24.3 Å². The largest absolute Gasteiger partial charge is 0.480 e. The van der Waals surface area contributed by atoms with E-state index in [1.807, 2.05) is 26.0 Å². The molecule has 3 N–H and O–H groups in total. The van der Waals surface area contributed by atoms with Crippen LogP contribution in [0.5, 0.6) is 0 Å². The van der Waals surface area contributed by atoms with Crippen LogP contribution in [-0.2, 0) is 19.7 Å². The van der Waals surface area contributed by atoms with Crippen molar-refractivity contribution in [3.05, 3.63) is 29.8 Å². The maximum absolute atomic E-state index is 12.2. The summed E-state index contributed by atoms with van der Waals surface area (Å²) in [4.78, 5) is 25.4. The van der Waals surface area contributed by atoms with Crippen molar-refractivity contribution in [2.75, 3.05) is 23.7 Å². The Hall–Kier alpha value is -2.13. The van der Waals surface area contributed by atoms with Crippen molar-refractivity contribution in [1.82, 2.24) is 5.32 Å². The fourth-order valence-corrected chi connectivity index (χ4v) is 3.04. The molecule has 0 aromatic heterocycles. The molecule has 0 bridgehead atoms. The van der Waals surface area contributed by atoms with E-state index in [2.05, 4.69) is 10.2 Å². The van der Waals surface area contributed by atoms with Gasteiger partial charge in [-0.2, -0.15) is 8.42 Å². The molecule has 0 heterocycles. The topological polar surface area (TPSA) is 124 Å². The summed E-state index contributed by atoms with van der Waals surface area (Å²) >= 11 is 0. The first-order valence-electron chi connectivity index (χ1n) is 7.92. The van der Waals surface area contributed by atoms with Gasteiger partial charge in [0.1, 0.15) is 11.8 Å². The molecule has 140 valence electrons. The van der Waals surface area contributed by atoms with Gasteiger partial charge in [-0.1, -0.05) is 12.1 Å². The van der Waals surface area contributed by atoms with Crippen LogP contribution in [0.25, 0.3) is 0 Å². The van der Waals surface area contributed by atoms with E-state index in [4.69, 9.17) is 9.66 Å². The highest BCUT2D eigenvalue weighted by Gasteiger charge is 2.28. The standard InChI is InChI=1S/C16H24N2O6S/c1-4-18(5-2)13-8-6-12(7-9-13)11(3)15(19)17-14(16(20)21)10-25(22,23)24/h6-9,11,14H,4-5,10H2,1-3H3,(H,17,19)(H,20,21)(H,22,23,24). The fraction of sp³-hybridized carbons (Fsp3) is 0.500. The molecule has 1 rings (SSSR count). The number of carboxylic acids is 1. The summed E-state index contributed by atoms with van der Waals surface area (Å²) in [6.45, 7) is 7.36. The number of carbonyl (C=O) groups excluding carboxylic acids is 1. The van der Waals surface area contributed by atoms with Crippen LogP contribution >= 0.6 is 0 Å². The number of benzene rings is 1. The highest BCUT2D eigenvalue weighted by molar-refractivity contribution is 7.85. The van der Waals surface area contributed by atoms with Crippen molar-refractivity contribution in [2.24, 2.45) is 0 Å². The molecule has 1 amide bonds. The maximum Gasteiger partial charge on any atom is 0.327 e. The van der Waals surface area contributed by atoms with Crippen molar-refractivity contribution in [3.8, 4) is 0 Å². The quantitative estimate of drug-likeness (QED) is 0.554. The predicted molar refractivity (Wildman–Crippen MR) is 94.4 cm³/mol. The van der Waals surface area contributed by atoms with Crippen molar-refractivity contribution >= 4 is 27.7 Å². The van der Waals surface area contributed by atoms with Gasteiger partial charge in [-0.05, 0) is 38.5 Å². The summed E-state index contributed by atoms with van der Waals surface area (Å²) in [5, 5.41) is 11.1. The molecule has 9 heteroatoms. The van der Waals surface area contributed by atoms with Crippen LogP contribution in [0.3, 0.4) is 0 Å². The third-order valence-electron chi connectivity index (χ3n) is 3.91. The normalized spacial score (nSPS) is 13.8. The maximum atomic E-state index is 12.2. The Morgan fingerprint density at radius 3 is 2.08 bits per heavy atom. The number of nitrogens with zero attached hydrogens (tertiary/aromatic N) is 1. The van der Waals surface area contributed by atoms with Gasteiger partial charge < -0.3 is 15.3 Å². The number of hydrogen-bond acceptors (Lipinski definition) is 5. The summed E-state index contributed by atoms with van der Waals surface area (Å²) in [6, 6.07) is 5.59. The van der Waals surface area contributed by atoms with E-state index in [0.717, 1.165) is 18.8 Å². The molecule has 1 aromatic rings. The Bertz CT molecular complexity index is 698. The number of carbonyl (C=O) groups is 2. The number of anilines is 1. The molecular weight excluding hydrogens is 348 g/mol. The third-order valence-corrected chi connectivity index (χ3v) is 4.66. The smallest absolute Gasteiger partial charge is 0.327 e. The molecule has 0 aliphatic heterocycles. The van der Waals surface area contributed by atoms with Gasteiger partial charge in [-0.25, -0.2) is 4.79 Å². The van der Waals surface area contributed by atoms with E-state index in [1.54, 1.807) is 19.1 Å². The van der Waals surface area contributed by atoms with Gasteiger partial charge in [-0.3, -0.25) is 9.35 Å². The first kappa shape index (κ1) is 20.9. The Kier molecular flexibility index (Phi) is 7.38. The molecule has 0 spiro atoms. The minimum absolute atomic E-state index is 0.633. The van der Waals surface area contributed by atoms with Gasteiger partial charge in [0, 0.05) is 18.8 Å². The van der Waals surface area contributed by atoms with Gasteiger partial charge in [0.2, 0.25) is 5.91 Å². The Labute approximate surface area is 147 Å². The fourth-order valence-electron chi connectivity index (χ4n) is 2.40. The Morgan fingerprint density at radius 1 is 1.16 bits per heavy atom. The summed E-state index contributed by atoms with van der Waals surface area (Å²) in [5.74, 6) is -3.92. The lowest BCUT2D eigenvalue weighted by molar-refractivity contribution is -0.141. The third kappa shape index (κ3) is 6.35. The Morgan fingerprint density at radius 2 is 1.68 bits per heavy atom. The number of aliphatic carboxylic acids is 1. The van der Waals surface area contributed by atoms with Gasteiger partial charge in [0.05, 0.1) is 5.92 Å². The zero-order valence-electron chi connectivity index (χ0n) is 14.5. The van der Waals surface area contributed by atoms with Crippen molar-refractivity contribution in [1.29, 1.82) is 0 Å². The SMILES string of the molecule is CCN(CC)c1ccc(C(C)C(=O)NC(CS(=O)(=O)O)C(=O)O)cc1. The van der Waals surface area contributed by atoms with Gasteiger partial charge in [-0.15, -0.1) is 0 Å². The summed E-state index contributed by atoms with van der Waals surface area (Å²) in [7, 11) is -4.53. The van der Waals surface area contributed by atoms with E-state index in [1.165, 1.54) is 0 Å². The second kappa shape index (κ2) is 8.82. The molecule has 1 aromatic carbocycles. The van der Waals surface area contributed by atoms with E-state index in [0.29, 0.717) is 5.56 Å². The molecule has 0 saturated carbocycles. The number of rotatable bonds is 9. The summed E-state index contributed by atoms with van der Waals surface area (Å²) in [5.41, 5.74) is 1.68.